The molecule has 0 radical (unpaired) electrons. The summed E-state index contributed by atoms with van der Waals surface area (Å²) in [6.07, 6.45) is -1.65. The Bertz CT molecular complexity index is 190. The third-order valence-electron chi connectivity index (χ3n) is 0.940. The summed E-state index contributed by atoms with van der Waals surface area (Å²) in [5.41, 5.74) is 0. The monoisotopic (exact) mass is 181 g/mol. The molecule has 0 saturated heterocycles. The average molecular weight is 181 g/mol. The normalized spacial score (nSPS) is 10.9. The Morgan fingerprint density at radius 2 is 2.00 bits per heavy atom. The molecule has 0 atom stereocenters. The fraction of sp³-hybridized carbons (Fsp3) is 0.667. The van der Waals surface area contributed by atoms with Crippen molar-refractivity contribution < 1.29 is 28.2 Å². The molecular formula is C6H7F2O4-. The number of hydrogen-bond donors (Lipinski definition) is 0. The van der Waals surface area contributed by atoms with Gasteiger partial charge in [-0.1, -0.05) is 0 Å². The summed E-state index contributed by atoms with van der Waals surface area (Å²) >= 11 is 0. The predicted octanol–water partition coefficient (Wildman–Crippen LogP) is -0.675. The van der Waals surface area contributed by atoms with Crippen molar-refractivity contribution in [1.82, 2.24) is 0 Å². The van der Waals surface area contributed by atoms with Crippen molar-refractivity contribution in [2.24, 2.45) is 0 Å². The van der Waals surface area contributed by atoms with E-state index in [0.29, 0.717) is 0 Å². The Kier molecular flexibility index (Phi) is 3.59. The number of aliphatic carboxylic acids is 1. The zero-order chi connectivity index (χ0) is 9.78. The molecule has 0 aromatic rings. The van der Waals surface area contributed by atoms with Crippen LogP contribution in [-0.4, -0.2) is 24.5 Å². The van der Waals surface area contributed by atoms with Crippen molar-refractivity contribution >= 4 is 11.9 Å². The van der Waals surface area contributed by atoms with Gasteiger partial charge in [0.15, 0.2) is 0 Å². The van der Waals surface area contributed by atoms with E-state index in [-0.39, 0.29) is 6.61 Å². The topological polar surface area (TPSA) is 66.4 Å². The van der Waals surface area contributed by atoms with Crippen LogP contribution in [0.25, 0.3) is 0 Å². The second-order valence-corrected chi connectivity index (χ2v) is 1.97. The maximum atomic E-state index is 12.4. The Morgan fingerprint density at radius 3 is 2.33 bits per heavy atom. The Morgan fingerprint density at radius 1 is 1.50 bits per heavy atom. The Labute approximate surface area is 67.1 Å². The lowest BCUT2D eigenvalue weighted by Crippen LogP contribution is -2.38. The minimum Gasteiger partial charge on any atom is -0.550 e. The Hall–Kier alpha value is -1.20. The van der Waals surface area contributed by atoms with Crippen LogP contribution in [-0.2, 0) is 14.3 Å². The standard InChI is InChI=1S/C6H8F2O4/c1-2-12-5(11)6(7,8)3-4(9)10/h2-3H2,1H3,(H,9,10)/p-1. The van der Waals surface area contributed by atoms with Gasteiger partial charge in [-0.25, -0.2) is 4.79 Å². The number of halogens is 2. The largest absolute Gasteiger partial charge is 0.550 e. The quantitative estimate of drug-likeness (QED) is 0.539. The van der Waals surface area contributed by atoms with Crippen LogP contribution in [0.4, 0.5) is 8.78 Å². The summed E-state index contributed by atoms with van der Waals surface area (Å²) in [4.78, 5) is 20.1. The van der Waals surface area contributed by atoms with E-state index in [4.69, 9.17) is 0 Å². The minimum atomic E-state index is -3.99. The van der Waals surface area contributed by atoms with Gasteiger partial charge in [0.1, 0.15) is 0 Å². The highest BCUT2D eigenvalue weighted by Gasteiger charge is 2.40. The van der Waals surface area contributed by atoms with E-state index >= 15 is 0 Å². The third-order valence-corrected chi connectivity index (χ3v) is 0.940. The molecule has 4 nitrogen and oxygen atoms in total. The van der Waals surface area contributed by atoms with E-state index < -0.39 is 24.3 Å². The van der Waals surface area contributed by atoms with E-state index in [9.17, 15) is 23.5 Å². The fourth-order valence-corrected chi connectivity index (χ4v) is 0.490. The Balaban J connectivity index is 4.18. The van der Waals surface area contributed by atoms with Crippen LogP contribution in [0.5, 0.6) is 0 Å². The highest BCUT2D eigenvalue weighted by Crippen LogP contribution is 2.19. The molecule has 0 aliphatic heterocycles. The molecule has 0 rings (SSSR count). The van der Waals surface area contributed by atoms with Gasteiger partial charge in [0.05, 0.1) is 13.0 Å². The second-order valence-electron chi connectivity index (χ2n) is 1.97. The van der Waals surface area contributed by atoms with E-state index in [0.717, 1.165) is 0 Å². The lowest BCUT2D eigenvalue weighted by Gasteiger charge is -2.14. The van der Waals surface area contributed by atoms with Gasteiger partial charge in [0, 0.05) is 5.97 Å². The molecule has 0 aliphatic rings. The van der Waals surface area contributed by atoms with Crippen LogP contribution in [0.2, 0.25) is 0 Å². The first kappa shape index (κ1) is 10.8. The number of carboxylic acids is 1. The first-order chi connectivity index (χ1) is 5.40. The molecule has 0 aromatic carbocycles. The highest BCUT2D eigenvalue weighted by atomic mass is 19.3. The minimum absolute atomic E-state index is 0.221. The van der Waals surface area contributed by atoms with Crippen LogP contribution in [0, 0.1) is 0 Å². The zero-order valence-electron chi connectivity index (χ0n) is 6.30. The van der Waals surface area contributed by atoms with Crippen molar-refractivity contribution in [3.05, 3.63) is 0 Å². The third kappa shape index (κ3) is 3.27. The van der Waals surface area contributed by atoms with Crippen molar-refractivity contribution in [2.45, 2.75) is 19.3 Å². The van der Waals surface area contributed by atoms with Gasteiger partial charge < -0.3 is 14.6 Å². The van der Waals surface area contributed by atoms with Crippen molar-refractivity contribution in [1.29, 1.82) is 0 Å². The first-order valence-electron chi connectivity index (χ1n) is 3.15. The first-order valence-corrected chi connectivity index (χ1v) is 3.15. The van der Waals surface area contributed by atoms with Gasteiger partial charge in [0.25, 0.3) is 0 Å². The van der Waals surface area contributed by atoms with E-state index in [2.05, 4.69) is 4.74 Å². The number of carboxylic acid groups (broad SMARTS) is 1. The van der Waals surface area contributed by atoms with Gasteiger partial charge in [-0.05, 0) is 6.92 Å². The molecule has 0 amide bonds. The average Bonchev–Trinajstić information content (AvgIpc) is 1.85. The number of hydrogen-bond acceptors (Lipinski definition) is 4. The van der Waals surface area contributed by atoms with Gasteiger partial charge >= 0.3 is 11.9 Å². The number of alkyl halides is 2. The summed E-state index contributed by atoms with van der Waals surface area (Å²) < 4.78 is 28.6. The highest BCUT2D eigenvalue weighted by molar-refractivity contribution is 5.82. The van der Waals surface area contributed by atoms with Crippen molar-refractivity contribution in [2.75, 3.05) is 6.61 Å². The molecule has 70 valence electrons. The molecule has 0 N–H and O–H groups in total. The number of carbonyl (C=O) groups excluding carboxylic acids is 2. The summed E-state index contributed by atoms with van der Waals surface area (Å²) in [5, 5.41) is 9.72. The van der Waals surface area contributed by atoms with Crippen molar-refractivity contribution in [3.63, 3.8) is 0 Å². The summed E-state index contributed by atoms with van der Waals surface area (Å²) in [5.74, 6) is -7.82. The number of carbonyl (C=O) groups is 2. The molecule has 12 heavy (non-hydrogen) atoms. The second kappa shape index (κ2) is 3.99. The van der Waals surface area contributed by atoms with Crippen LogP contribution in [0.15, 0.2) is 0 Å². The zero-order valence-corrected chi connectivity index (χ0v) is 6.30. The molecular weight excluding hydrogens is 174 g/mol. The molecule has 0 aromatic heterocycles. The predicted molar refractivity (Wildman–Crippen MR) is 31.2 cm³/mol. The lowest BCUT2D eigenvalue weighted by molar-refractivity contribution is -0.310. The van der Waals surface area contributed by atoms with E-state index in [1.54, 1.807) is 0 Å². The van der Waals surface area contributed by atoms with Crippen molar-refractivity contribution in [3.8, 4) is 0 Å². The van der Waals surface area contributed by atoms with Crippen LogP contribution in [0.3, 0.4) is 0 Å². The van der Waals surface area contributed by atoms with Gasteiger partial charge in [0.2, 0.25) is 0 Å². The van der Waals surface area contributed by atoms with Crippen LogP contribution < -0.4 is 5.11 Å². The molecule has 0 heterocycles. The van der Waals surface area contributed by atoms with Crippen LogP contribution in [0.1, 0.15) is 13.3 Å². The summed E-state index contributed by atoms with van der Waals surface area (Å²) in [6.45, 7) is 1.12. The maximum Gasteiger partial charge on any atom is 0.377 e. The fourth-order valence-electron chi connectivity index (χ4n) is 0.490. The summed E-state index contributed by atoms with van der Waals surface area (Å²) in [7, 11) is 0. The maximum absolute atomic E-state index is 12.4. The molecule has 0 bridgehead atoms. The lowest BCUT2D eigenvalue weighted by atomic mass is 10.2. The van der Waals surface area contributed by atoms with Gasteiger partial charge in [-0.15, -0.1) is 0 Å². The van der Waals surface area contributed by atoms with Gasteiger partial charge in [-0.3, -0.25) is 0 Å². The van der Waals surface area contributed by atoms with Crippen LogP contribution >= 0.6 is 0 Å². The molecule has 0 spiro atoms. The molecule has 0 fully saturated rings. The van der Waals surface area contributed by atoms with E-state index in [1.807, 2.05) is 0 Å². The number of rotatable bonds is 4. The summed E-state index contributed by atoms with van der Waals surface area (Å²) in [6, 6.07) is 0. The van der Waals surface area contributed by atoms with Gasteiger partial charge in [-0.2, -0.15) is 8.78 Å². The number of esters is 1. The molecule has 0 saturated carbocycles. The number of ether oxygens (including phenoxy) is 1. The molecule has 0 unspecified atom stereocenters. The van der Waals surface area contributed by atoms with E-state index in [1.165, 1.54) is 6.92 Å². The smallest absolute Gasteiger partial charge is 0.377 e. The molecule has 6 heteroatoms. The SMILES string of the molecule is CCOC(=O)C(F)(F)CC(=O)[O-]. The molecule has 0 aliphatic carbocycles.